The van der Waals surface area contributed by atoms with Crippen molar-refractivity contribution in [1.82, 2.24) is 15.3 Å². The number of piperidine rings is 1. The van der Waals surface area contributed by atoms with Gasteiger partial charge in [0.25, 0.3) is 0 Å². The number of rotatable bonds is 2. The van der Waals surface area contributed by atoms with Gasteiger partial charge in [-0.1, -0.05) is 6.07 Å². The molecule has 1 aliphatic rings. The molecule has 0 saturated carbocycles. The number of fused-ring (bicyclic) bond motifs is 1. The molecule has 2 heterocycles. The van der Waals surface area contributed by atoms with Crippen molar-refractivity contribution in [3.05, 3.63) is 28.7 Å². The zero-order chi connectivity index (χ0) is 11.7. The van der Waals surface area contributed by atoms with Gasteiger partial charge in [-0.2, -0.15) is 0 Å². The van der Waals surface area contributed by atoms with Crippen molar-refractivity contribution in [2.24, 2.45) is 0 Å². The van der Waals surface area contributed by atoms with E-state index < -0.39 is 0 Å². The van der Waals surface area contributed by atoms with Gasteiger partial charge in [-0.3, -0.25) is 0 Å². The summed E-state index contributed by atoms with van der Waals surface area (Å²) in [5, 5.41) is 3.30. The van der Waals surface area contributed by atoms with E-state index in [1.165, 1.54) is 0 Å². The molecule has 1 saturated heterocycles. The van der Waals surface area contributed by atoms with Crippen molar-refractivity contribution in [2.75, 3.05) is 13.1 Å². The summed E-state index contributed by atoms with van der Waals surface area (Å²) in [5.41, 5.74) is 1.34. The van der Waals surface area contributed by atoms with Crippen LogP contribution in [0.1, 0.15) is 12.8 Å². The van der Waals surface area contributed by atoms with Gasteiger partial charge in [-0.15, -0.1) is 0 Å². The first-order valence-corrected chi connectivity index (χ1v) is 5.91. The monoisotopic (exact) mass is 233 g/mol. The number of aromatic amines is 2. The van der Waals surface area contributed by atoms with Crippen LogP contribution < -0.4 is 15.7 Å². The molecule has 1 atom stereocenters. The normalized spacial score (nSPS) is 20.6. The molecule has 1 aromatic carbocycles. The number of hydrogen-bond acceptors (Lipinski definition) is 3. The Labute approximate surface area is 98.2 Å². The summed E-state index contributed by atoms with van der Waals surface area (Å²) in [5.74, 6) is 0.745. The number of hydrogen-bond donors (Lipinski definition) is 3. The van der Waals surface area contributed by atoms with Gasteiger partial charge in [0.1, 0.15) is 17.4 Å². The third kappa shape index (κ3) is 2.06. The molecule has 2 aromatic rings. The Kier molecular flexibility index (Phi) is 2.60. The zero-order valence-corrected chi connectivity index (χ0v) is 9.45. The lowest BCUT2D eigenvalue weighted by Gasteiger charge is -2.24. The summed E-state index contributed by atoms with van der Waals surface area (Å²) in [6, 6.07) is 5.64. The largest absolute Gasteiger partial charge is 0.487 e. The van der Waals surface area contributed by atoms with E-state index in [4.69, 9.17) is 4.74 Å². The topological polar surface area (TPSA) is 69.9 Å². The lowest BCUT2D eigenvalue weighted by Crippen LogP contribution is -2.37. The van der Waals surface area contributed by atoms with Crippen LogP contribution in [0.2, 0.25) is 0 Å². The Hall–Kier alpha value is -1.75. The average Bonchev–Trinajstić information content (AvgIpc) is 2.72. The minimum Gasteiger partial charge on any atom is -0.487 e. The molecule has 3 N–H and O–H groups in total. The maximum Gasteiger partial charge on any atom is 0.323 e. The standard InChI is InChI=1S/C12H15N3O2/c16-12-14-9-4-1-5-10(11(9)15-12)17-8-3-2-6-13-7-8/h1,4-5,8,13H,2-3,6-7H2,(H2,14,15,16). The SMILES string of the molecule is O=c1[nH]c2cccc(OC3CCCNC3)c2[nH]1. The Morgan fingerprint density at radius 2 is 2.24 bits per heavy atom. The number of imidazole rings is 1. The lowest BCUT2D eigenvalue weighted by atomic mass is 10.1. The van der Waals surface area contributed by atoms with Gasteiger partial charge in [0.05, 0.1) is 5.52 Å². The van der Waals surface area contributed by atoms with Gasteiger partial charge in [-0.05, 0) is 31.5 Å². The number of nitrogens with one attached hydrogen (secondary N) is 3. The molecule has 5 heteroatoms. The van der Waals surface area contributed by atoms with Crippen molar-refractivity contribution in [3.8, 4) is 5.75 Å². The van der Waals surface area contributed by atoms with E-state index in [2.05, 4.69) is 15.3 Å². The average molecular weight is 233 g/mol. The summed E-state index contributed by atoms with van der Waals surface area (Å²) < 4.78 is 5.93. The van der Waals surface area contributed by atoms with Gasteiger partial charge >= 0.3 is 5.69 Å². The molecule has 0 aliphatic carbocycles. The van der Waals surface area contributed by atoms with Gasteiger partial charge in [-0.25, -0.2) is 4.79 Å². The molecule has 0 radical (unpaired) electrons. The van der Waals surface area contributed by atoms with E-state index in [0.717, 1.165) is 42.7 Å². The predicted molar refractivity (Wildman–Crippen MR) is 65.4 cm³/mol. The van der Waals surface area contributed by atoms with Crippen molar-refractivity contribution >= 4 is 11.0 Å². The third-order valence-corrected chi connectivity index (χ3v) is 3.06. The van der Waals surface area contributed by atoms with Crippen molar-refractivity contribution in [3.63, 3.8) is 0 Å². The third-order valence-electron chi connectivity index (χ3n) is 3.06. The van der Waals surface area contributed by atoms with E-state index in [1.807, 2.05) is 18.2 Å². The minimum absolute atomic E-state index is 0.188. The second-order valence-corrected chi connectivity index (χ2v) is 4.34. The molecular formula is C12H15N3O2. The van der Waals surface area contributed by atoms with Gasteiger partial charge < -0.3 is 20.0 Å². The number of ether oxygens (including phenoxy) is 1. The van der Waals surface area contributed by atoms with Crippen LogP contribution in [0.15, 0.2) is 23.0 Å². The van der Waals surface area contributed by atoms with Crippen LogP contribution >= 0.6 is 0 Å². The van der Waals surface area contributed by atoms with E-state index in [0.29, 0.717) is 0 Å². The van der Waals surface area contributed by atoms with E-state index in [-0.39, 0.29) is 11.8 Å². The second kappa shape index (κ2) is 4.25. The number of aromatic nitrogens is 2. The van der Waals surface area contributed by atoms with Crippen LogP contribution in [-0.2, 0) is 0 Å². The Bertz CT molecular complexity index is 566. The molecule has 1 aliphatic heterocycles. The Morgan fingerprint density at radius 3 is 3.06 bits per heavy atom. The molecule has 1 fully saturated rings. The highest BCUT2D eigenvalue weighted by Gasteiger charge is 2.16. The van der Waals surface area contributed by atoms with Crippen molar-refractivity contribution in [1.29, 1.82) is 0 Å². The highest BCUT2D eigenvalue weighted by Crippen LogP contribution is 2.23. The fraction of sp³-hybridized carbons (Fsp3) is 0.417. The van der Waals surface area contributed by atoms with E-state index in [9.17, 15) is 4.79 Å². The van der Waals surface area contributed by atoms with Crippen molar-refractivity contribution in [2.45, 2.75) is 18.9 Å². The molecule has 17 heavy (non-hydrogen) atoms. The summed E-state index contributed by atoms with van der Waals surface area (Å²) in [4.78, 5) is 16.7. The van der Waals surface area contributed by atoms with E-state index >= 15 is 0 Å². The molecule has 0 spiro atoms. The second-order valence-electron chi connectivity index (χ2n) is 4.34. The molecule has 0 amide bonds. The van der Waals surface area contributed by atoms with Crippen LogP contribution in [0.25, 0.3) is 11.0 Å². The fourth-order valence-corrected chi connectivity index (χ4v) is 2.23. The Morgan fingerprint density at radius 1 is 1.29 bits per heavy atom. The molecule has 5 nitrogen and oxygen atoms in total. The lowest BCUT2D eigenvalue weighted by molar-refractivity contribution is 0.169. The van der Waals surface area contributed by atoms with E-state index in [1.54, 1.807) is 0 Å². The first-order chi connectivity index (χ1) is 8.33. The maximum absolute atomic E-state index is 11.3. The molecule has 3 rings (SSSR count). The molecular weight excluding hydrogens is 218 g/mol. The summed E-state index contributed by atoms with van der Waals surface area (Å²) in [6.45, 7) is 1.93. The van der Waals surface area contributed by atoms with Crippen LogP contribution in [0, 0.1) is 0 Å². The smallest absolute Gasteiger partial charge is 0.323 e. The maximum atomic E-state index is 11.3. The first-order valence-electron chi connectivity index (χ1n) is 5.91. The summed E-state index contributed by atoms with van der Waals surface area (Å²) in [7, 11) is 0. The number of benzene rings is 1. The summed E-state index contributed by atoms with van der Waals surface area (Å²) >= 11 is 0. The number of H-pyrrole nitrogens is 2. The zero-order valence-electron chi connectivity index (χ0n) is 9.45. The minimum atomic E-state index is -0.196. The van der Waals surface area contributed by atoms with Gasteiger partial charge in [0.2, 0.25) is 0 Å². The quantitative estimate of drug-likeness (QED) is 0.724. The molecule has 1 unspecified atom stereocenters. The van der Waals surface area contributed by atoms with Crippen LogP contribution in [0.5, 0.6) is 5.75 Å². The van der Waals surface area contributed by atoms with Crippen LogP contribution in [-0.4, -0.2) is 29.2 Å². The van der Waals surface area contributed by atoms with Crippen LogP contribution in [0.3, 0.4) is 0 Å². The molecule has 1 aromatic heterocycles. The fourth-order valence-electron chi connectivity index (χ4n) is 2.23. The highest BCUT2D eigenvalue weighted by atomic mass is 16.5. The first kappa shape index (κ1) is 10.4. The van der Waals surface area contributed by atoms with Crippen molar-refractivity contribution < 1.29 is 4.74 Å². The van der Waals surface area contributed by atoms with Gasteiger partial charge in [0.15, 0.2) is 0 Å². The van der Waals surface area contributed by atoms with Gasteiger partial charge in [0, 0.05) is 6.54 Å². The Balaban J connectivity index is 1.91. The van der Waals surface area contributed by atoms with Crippen LogP contribution in [0.4, 0.5) is 0 Å². The number of para-hydroxylation sites is 1. The molecule has 0 bridgehead atoms. The summed E-state index contributed by atoms with van der Waals surface area (Å²) in [6.07, 6.45) is 2.37. The highest BCUT2D eigenvalue weighted by molar-refractivity contribution is 5.81. The molecule has 90 valence electrons. The predicted octanol–water partition coefficient (Wildman–Crippen LogP) is 0.987.